The fourth-order valence-electron chi connectivity index (χ4n) is 4.01. The highest BCUT2D eigenvalue weighted by Crippen LogP contribution is 2.27. The van der Waals surface area contributed by atoms with Gasteiger partial charge in [-0.15, -0.1) is 0 Å². The van der Waals surface area contributed by atoms with Gasteiger partial charge < -0.3 is 9.47 Å². The number of fused-ring (bicyclic) bond motifs is 1. The van der Waals surface area contributed by atoms with Crippen LogP contribution in [-0.2, 0) is 11.3 Å². The molecule has 0 amide bonds. The van der Waals surface area contributed by atoms with Crippen molar-refractivity contribution in [3.8, 4) is 23.0 Å². The van der Waals surface area contributed by atoms with Crippen LogP contribution < -0.4 is 4.74 Å². The lowest BCUT2D eigenvalue weighted by Crippen LogP contribution is -2.07. The van der Waals surface area contributed by atoms with E-state index in [2.05, 4.69) is 57.4 Å². The lowest BCUT2D eigenvalue weighted by atomic mass is 9.98. The van der Waals surface area contributed by atoms with Gasteiger partial charge in [0.05, 0.1) is 38.2 Å². The Morgan fingerprint density at radius 1 is 1.03 bits per heavy atom. The van der Waals surface area contributed by atoms with Crippen molar-refractivity contribution in [3.63, 3.8) is 0 Å². The molecule has 5 rings (SSSR count). The Labute approximate surface area is 202 Å². The number of nitrogens with zero attached hydrogens (tertiary/aromatic N) is 6. The smallest absolute Gasteiger partial charge is 0.341 e. The first-order valence-corrected chi connectivity index (χ1v) is 11.2. The average Bonchev–Trinajstić information content (AvgIpc) is 3.52. The van der Waals surface area contributed by atoms with E-state index in [1.54, 1.807) is 20.2 Å². The standard InChI is InChI=1S/C26H24N6O3/c1-4-35-25(33)20-13-27-32(16-20)26-29-22-14-28-31(23(22)24(30-26)34-3)15-18-10-11-21(17(2)12-18)19-8-6-5-7-9-19/h5-14,16H,4,15H2,1-3H3. The SMILES string of the molecule is CCOC(=O)c1cnn(-c2nc(OC)c3c(cnn3Cc3ccc(-c4ccccc4)c(C)c3)n2)c1. The Balaban J connectivity index is 1.46. The lowest BCUT2D eigenvalue weighted by molar-refractivity contribution is 0.0526. The van der Waals surface area contributed by atoms with E-state index in [0.29, 0.717) is 29.0 Å². The van der Waals surface area contributed by atoms with E-state index in [4.69, 9.17) is 9.47 Å². The van der Waals surface area contributed by atoms with E-state index in [1.807, 2.05) is 22.9 Å². The molecule has 3 aromatic heterocycles. The molecule has 0 fully saturated rings. The summed E-state index contributed by atoms with van der Waals surface area (Å²) in [6.07, 6.45) is 4.62. The molecular weight excluding hydrogens is 444 g/mol. The molecular formula is C26H24N6O3. The van der Waals surface area contributed by atoms with Crippen LogP contribution in [0.25, 0.3) is 28.1 Å². The van der Waals surface area contributed by atoms with Crippen molar-refractivity contribution in [2.45, 2.75) is 20.4 Å². The molecule has 0 aliphatic carbocycles. The van der Waals surface area contributed by atoms with Crippen molar-refractivity contribution < 1.29 is 14.3 Å². The van der Waals surface area contributed by atoms with Gasteiger partial charge in [0.15, 0.2) is 0 Å². The van der Waals surface area contributed by atoms with Crippen LogP contribution in [0.5, 0.6) is 5.88 Å². The van der Waals surface area contributed by atoms with Crippen LogP contribution in [0.1, 0.15) is 28.4 Å². The lowest BCUT2D eigenvalue weighted by Gasteiger charge is -2.11. The van der Waals surface area contributed by atoms with E-state index in [0.717, 1.165) is 5.56 Å². The molecule has 5 aromatic rings. The van der Waals surface area contributed by atoms with E-state index < -0.39 is 5.97 Å². The van der Waals surface area contributed by atoms with Gasteiger partial charge in [0, 0.05) is 6.20 Å². The second-order valence-corrected chi connectivity index (χ2v) is 7.98. The van der Waals surface area contributed by atoms with Crippen LogP contribution in [0.2, 0.25) is 0 Å². The Morgan fingerprint density at radius 3 is 2.60 bits per heavy atom. The summed E-state index contributed by atoms with van der Waals surface area (Å²) >= 11 is 0. The summed E-state index contributed by atoms with van der Waals surface area (Å²) < 4.78 is 13.8. The molecule has 0 N–H and O–H groups in total. The Morgan fingerprint density at radius 2 is 1.86 bits per heavy atom. The number of methoxy groups -OCH3 is 1. The summed E-state index contributed by atoms with van der Waals surface area (Å²) in [6.45, 7) is 4.68. The number of carbonyl (C=O) groups excluding carboxylic acids is 1. The summed E-state index contributed by atoms with van der Waals surface area (Å²) in [5.74, 6) is 0.189. The molecule has 0 saturated heterocycles. The van der Waals surface area contributed by atoms with Crippen LogP contribution in [0, 0.1) is 6.92 Å². The number of aromatic nitrogens is 6. The van der Waals surface area contributed by atoms with Crippen molar-refractivity contribution in [1.29, 1.82) is 0 Å². The molecule has 0 aliphatic heterocycles. The molecule has 0 saturated carbocycles. The first-order valence-electron chi connectivity index (χ1n) is 11.2. The zero-order chi connectivity index (χ0) is 24.4. The third-order valence-electron chi connectivity index (χ3n) is 5.64. The third-order valence-corrected chi connectivity index (χ3v) is 5.64. The molecule has 2 aromatic carbocycles. The Bertz CT molecular complexity index is 1510. The number of aryl methyl sites for hydroxylation is 1. The summed E-state index contributed by atoms with van der Waals surface area (Å²) in [6, 6.07) is 16.7. The predicted molar refractivity (Wildman–Crippen MR) is 131 cm³/mol. The largest absolute Gasteiger partial charge is 0.479 e. The monoisotopic (exact) mass is 468 g/mol. The molecule has 0 spiro atoms. The number of carbonyl (C=O) groups is 1. The number of hydrogen-bond acceptors (Lipinski definition) is 7. The van der Waals surface area contributed by atoms with Crippen molar-refractivity contribution in [2.75, 3.05) is 13.7 Å². The highest BCUT2D eigenvalue weighted by molar-refractivity contribution is 5.88. The van der Waals surface area contributed by atoms with Crippen LogP contribution >= 0.6 is 0 Å². The van der Waals surface area contributed by atoms with Gasteiger partial charge in [-0.2, -0.15) is 15.2 Å². The summed E-state index contributed by atoms with van der Waals surface area (Å²) in [7, 11) is 1.55. The first kappa shape index (κ1) is 22.3. The highest BCUT2D eigenvalue weighted by Gasteiger charge is 2.18. The molecule has 3 heterocycles. The molecule has 9 heteroatoms. The van der Waals surface area contributed by atoms with Gasteiger partial charge in [-0.05, 0) is 36.1 Å². The maximum atomic E-state index is 12.0. The van der Waals surface area contributed by atoms with Gasteiger partial charge in [-0.25, -0.2) is 14.5 Å². The molecule has 0 bridgehead atoms. The Hall–Kier alpha value is -4.53. The molecule has 35 heavy (non-hydrogen) atoms. The van der Waals surface area contributed by atoms with E-state index in [-0.39, 0.29) is 12.6 Å². The van der Waals surface area contributed by atoms with Crippen LogP contribution in [0.3, 0.4) is 0 Å². The second kappa shape index (κ2) is 9.38. The van der Waals surface area contributed by atoms with Crippen molar-refractivity contribution in [3.05, 3.63) is 83.8 Å². The fourth-order valence-corrected chi connectivity index (χ4v) is 4.01. The van der Waals surface area contributed by atoms with Crippen LogP contribution in [-0.4, -0.2) is 49.2 Å². The zero-order valence-electron chi connectivity index (χ0n) is 19.7. The maximum Gasteiger partial charge on any atom is 0.341 e. The normalized spacial score (nSPS) is 11.1. The molecule has 9 nitrogen and oxygen atoms in total. The average molecular weight is 469 g/mol. The van der Waals surface area contributed by atoms with Gasteiger partial charge in [0.2, 0.25) is 5.88 Å². The topological polar surface area (TPSA) is 97.0 Å². The summed E-state index contributed by atoms with van der Waals surface area (Å²) in [4.78, 5) is 21.1. The van der Waals surface area contributed by atoms with E-state index in [1.165, 1.54) is 33.8 Å². The summed E-state index contributed by atoms with van der Waals surface area (Å²) in [5, 5.41) is 8.73. The van der Waals surface area contributed by atoms with Crippen LogP contribution in [0.4, 0.5) is 0 Å². The summed E-state index contributed by atoms with van der Waals surface area (Å²) in [5.41, 5.74) is 6.28. The van der Waals surface area contributed by atoms with Crippen molar-refractivity contribution in [2.24, 2.45) is 0 Å². The molecule has 0 aliphatic rings. The highest BCUT2D eigenvalue weighted by atomic mass is 16.5. The zero-order valence-corrected chi connectivity index (χ0v) is 19.7. The minimum Gasteiger partial charge on any atom is -0.479 e. The third kappa shape index (κ3) is 4.35. The molecule has 0 atom stereocenters. The maximum absolute atomic E-state index is 12.0. The van der Waals surface area contributed by atoms with Crippen LogP contribution in [0.15, 0.2) is 67.1 Å². The van der Waals surface area contributed by atoms with Gasteiger partial charge in [0.25, 0.3) is 5.95 Å². The fraction of sp³-hybridized carbons (Fsp3) is 0.192. The Kier molecular flexibility index (Phi) is 5.97. The molecule has 0 radical (unpaired) electrons. The second-order valence-electron chi connectivity index (χ2n) is 7.98. The molecule has 0 unspecified atom stereocenters. The minimum absolute atomic E-state index is 0.271. The number of hydrogen-bond donors (Lipinski definition) is 0. The van der Waals surface area contributed by atoms with Crippen molar-refractivity contribution in [1.82, 2.24) is 29.5 Å². The number of rotatable bonds is 7. The number of benzene rings is 2. The van der Waals surface area contributed by atoms with Crippen molar-refractivity contribution >= 4 is 17.0 Å². The minimum atomic E-state index is -0.451. The van der Waals surface area contributed by atoms with E-state index >= 15 is 0 Å². The number of ether oxygens (including phenoxy) is 2. The van der Waals surface area contributed by atoms with E-state index in [9.17, 15) is 4.79 Å². The first-order chi connectivity index (χ1) is 17.1. The van der Waals surface area contributed by atoms with Gasteiger partial charge in [-0.3, -0.25) is 4.68 Å². The number of esters is 1. The van der Waals surface area contributed by atoms with Gasteiger partial charge in [0.1, 0.15) is 11.0 Å². The van der Waals surface area contributed by atoms with Gasteiger partial charge in [-0.1, -0.05) is 48.5 Å². The van der Waals surface area contributed by atoms with Gasteiger partial charge >= 0.3 is 5.97 Å². The predicted octanol–water partition coefficient (Wildman–Crippen LogP) is 4.22. The molecule has 176 valence electrons. The quantitative estimate of drug-likeness (QED) is 0.330.